The van der Waals surface area contributed by atoms with Crippen LogP contribution < -0.4 is 14.4 Å². The number of amides is 1. The summed E-state index contributed by atoms with van der Waals surface area (Å²) in [5.41, 5.74) is 0.561. The molecule has 0 aliphatic heterocycles. The zero-order valence-corrected chi connectivity index (χ0v) is 14.6. The van der Waals surface area contributed by atoms with Crippen molar-refractivity contribution in [3.63, 3.8) is 0 Å². The van der Waals surface area contributed by atoms with Crippen molar-refractivity contribution in [3.8, 4) is 5.75 Å². The highest BCUT2D eigenvalue weighted by atomic mass is 32.2. The van der Waals surface area contributed by atoms with Crippen molar-refractivity contribution >= 4 is 21.6 Å². The van der Waals surface area contributed by atoms with E-state index in [-0.39, 0.29) is 12.5 Å². The summed E-state index contributed by atoms with van der Waals surface area (Å²) in [6.07, 6.45) is 1.91. The number of carbonyl (C=O) groups excluding carboxylic acids is 1. The van der Waals surface area contributed by atoms with E-state index in [1.165, 1.54) is 4.31 Å². The molecule has 1 aromatic rings. The molecule has 130 valence electrons. The van der Waals surface area contributed by atoms with Crippen LogP contribution in [0.3, 0.4) is 0 Å². The number of sulfonamides is 1. The zero-order chi connectivity index (χ0) is 17.3. The van der Waals surface area contributed by atoms with Gasteiger partial charge in [-0.05, 0) is 37.6 Å². The normalized spacial score (nSPS) is 11.1. The topological polar surface area (TPSA) is 84.9 Å². The van der Waals surface area contributed by atoms with E-state index in [0.717, 1.165) is 12.7 Å². The quantitative estimate of drug-likeness (QED) is 0.640. The highest BCUT2D eigenvalue weighted by Gasteiger charge is 2.14. The fourth-order valence-corrected chi connectivity index (χ4v) is 2.94. The number of hydrogen-bond donors (Lipinski definition) is 1. The first kappa shape index (κ1) is 19.2. The van der Waals surface area contributed by atoms with Crippen LogP contribution in [0.15, 0.2) is 24.3 Å². The number of methoxy groups -OCH3 is 1. The van der Waals surface area contributed by atoms with Crippen molar-refractivity contribution in [3.05, 3.63) is 24.3 Å². The number of nitrogens with one attached hydrogen (secondary N) is 1. The van der Waals surface area contributed by atoms with Crippen molar-refractivity contribution < 1.29 is 22.7 Å². The van der Waals surface area contributed by atoms with Crippen molar-refractivity contribution in [1.82, 2.24) is 5.32 Å². The van der Waals surface area contributed by atoms with Gasteiger partial charge in [-0.25, -0.2) is 8.42 Å². The van der Waals surface area contributed by atoms with Crippen LogP contribution in [0.2, 0.25) is 0 Å². The molecule has 0 bridgehead atoms. The molecule has 0 aliphatic carbocycles. The van der Waals surface area contributed by atoms with Crippen molar-refractivity contribution in [2.75, 3.05) is 44.0 Å². The lowest BCUT2D eigenvalue weighted by atomic mass is 10.3. The molecule has 1 N–H and O–H groups in total. The van der Waals surface area contributed by atoms with E-state index in [0.29, 0.717) is 31.1 Å². The molecular weight excluding hydrogens is 320 g/mol. The third-order valence-electron chi connectivity index (χ3n) is 3.03. The molecule has 0 saturated carbocycles. The van der Waals surface area contributed by atoms with Crippen LogP contribution in [0.5, 0.6) is 5.75 Å². The molecule has 0 saturated heterocycles. The number of nitrogens with zero attached hydrogens (tertiary/aromatic N) is 1. The summed E-state index contributed by atoms with van der Waals surface area (Å²) in [7, 11) is -1.69. The van der Waals surface area contributed by atoms with Crippen LogP contribution in [0.25, 0.3) is 0 Å². The van der Waals surface area contributed by atoms with E-state index in [9.17, 15) is 13.2 Å². The first-order valence-corrected chi connectivity index (χ1v) is 9.19. The van der Waals surface area contributed by atoms with Gasteiger partial charge in [-0.2, -0.15) is 0 Å². The lowest BCUT2D eigenvalue weighted by Gasteiger charge is -2.20. The number of benzene rings is 1. The molecular formula is C15H24N2O5S. The van der Waals surface area contributed by atoms with Crippen LogP contribution in [0.4, 0.5) is 5.69 Å². The number of rotatable bonds is 10. The van der Waals surface area contributed by atoms with Crippen LogP contribution in [-0.2, 0) is 19.6 Å². The van der Waals surface area contributed by atoms with Gasteiger partial charge in [0.25, 0.3) is 5.91 Å². The second kappa shape index (κ2) is 9.36. The van der Waals surface area contributed by atoms with Crippen LogP contribution in [0.1, 0.15) is 13.3 Å². The van der Waals surface area contributed by atoms with E-state index >= 15 is 0 Å². The largest absolute Gasteiger partial charge is 0.484 e. The molecule has 1 rings (SSSR count). The van der Waals surface area contributed by atoms with Crippen molar-refractivity contribution in [2.45, 2.75) is 13.3 Å². The summed E-state index contributed by atoms with van der Waals surface area (Å²) in [4.78, 5) is 11.6. The van der Waals surface area contributed by atoms with Crippen molar-refractivity contribution in [1.29, 1.82) is 0 Å². The second-order valence-corrected chi connectivity index (χ2v) is 6.81. The summed E-state index contributed by atoms with van der Waals surface area (Å²) in [6, 6.07) is 6.58. The Morgan fingerprint density at radius 2 is 1.91 bits per heavy atom. The van der Waals surface area contributed by atoms with Gasteiger partial charge in [-0.15, -0.1) is 0 Å². The molecule has 0 radical (unpaired) electrons. The molecule has 0 spiro atoms. The molecule has 0 heterocycles. The minimum atomic E-state index is -3.30. The van der Waals surface area contributed by atoms with Gasteiger partial charge in [-0.1, -0.05) is 0 Å². The van der Waals surface area contributed by atoms with E-state index in [1.807, 2.05) is 0 Å². The van der Waals surface area contributed by atoms with Crippen LogP contribution in [0, 0.1) is 0 Å². The maximum absolute atomic E-state index is 11.6. The third-order valence-corrected chi connectivity index (χ3v) is 4.30. The smallest absolute Gasteiger partial charge is 0.257 e. The molecule has 23 heavy (non-hydrogen) atoms. The summed E-state index contributed by atoms with van der Waals surface area (Å²) < 4.78 is 34.8. The van der Waals surface area contributed by atoms with E-state index in [1.54, 1.807) is 38.3 Å². The maximum Gasteiger partial charge on any atom is 0.257 e. The number of ether oxygens (including phenoxy) is 2. The van der Waals surface area contributed by atoms with E-state index in [4.69, 9.17) is 9.47 Å². The lowest BCUT2D eigenvalue weighted by molar-refractivity contribution is -0.123. The Hall–Kier alpha value is -1.80. The summed E-state index contributed by atoms with van der Waals surface area (Å²) in [5, 5.41) is 2.71. The molecule has 0 unspecified atom stereocenters. The Balaban J connectivity index is 2.50. The Labute approximate surface area is 137 Å². The molecule has 0 fully saturated rings. The zero-order valence-electron chi connectivity index (χ0n) is 13.7. The summed E-state index contributed by atoms with van der Waals surface area (Å²) in [6.45, 7) is 3.16. The average Bonchev–Trinajstić information content (AvgIpc) is 2.50. The Morgan fingerprint density at radius 3 is 2.43 bits per heavy atom. The first-order valence-electron chi connectivity index (χ1n) is 7.34. The predicted molar refractivity (Wildman–Crippen MR) is 89.3 cm³/mol. The first-order chi connectivity index (χ1) is 10.9. The van der Waals surface area contributed by atoms with Gasteiger partial charge in [0.15, 0.2) is 6.61 Å². The minimum absolute atomic E-state index is 0.0874. The van der Waals surface area contributed by atoms with Gasteiger partial charge >= 0.3 is 0 Å². The highest BCUT2D eigenvalue weighted by Crippen LogP contribution is 2.21. The fourth-order valence-electron chi connectivity index (χ4n) is 1.96. The maximum atomic E-state index is 11.6. The predicted octanol–water partition coefficient (Wildman–Crippen LogP) is 1.00. The molecule has 1 amide bonds. The second-order valence-electron chi connectivity index (χ2n) is 4.91. The average molecular weight is 344 g/mol. The van der Waals surface area contributed by atoms with Gasteiger partial charge in [0.05, 0.1) is 11.9 Å². The highest BCUT2D eigenvalue weighted by molar-refractivity contribution is 7.92. The lowest BCUT2D eigenvalue weighted by Crippen LogP contribution is -2.30. The number of anilines is 1. The molecule has 8 heteroatoms. The van der Waals surface area contributed by atoms with Crippen molar-refractivity contribution in [2.24, 2.45) is 0 Å². The van der Waals surface area contributed by atoms with Gasteiger partial charge in [-0.3, -0.25) is 9.10 Å². The molecule has 1 aromatic carbocycles. The third kappa shape index (κ3) is 6.87. The van der Waals surface area contributed by atoms with Gasteiger partial charge < -0.3 is 14.8 Å². The Kier molecular flexibility index (Phi) is 7.84. The van der Waals surface area contributed by atoms with E-state index < -0.39 is 10.0 Å². The SMILES string of the molecule is CCN(c1ccc(OCC(=O)NCCCOC)cc1)S(C)(=O)=O. The summed E-state index contributed by atoms with van der Waals surface area (Å²) in [5.74, 6) is 0.293. The standard InChI is InChI=1S/C15H24N2O5S/c1-4-17(23(3,19)20)13-6-8-14(9-7-13)22-12-15(18)16-10-5-11-21-2/h6-9H,4-5,10-12H2,1-3H3,(H,16,18). The molecule has 0 aromatic heterocycles. The molecule has 0 atom stereocenters. The van der Waals surface area contributed by atoms with E-state index in [2.05, 4.69) is 5.32 Å². The van der Waals surface area contributed by atoms with Gasteiger partial charge in [0.1, 0.15) is 5.75 Å². The molecule has 0 aliphatic rings. The number of carbonyl (C=O) groups is 1. The van der Waals surface area contributed by atoms with Crippen LogP contribution in [-0.4, -0.2) is 54.0 Å². The Morgan fingerprint density at radius 1 is 1.26 bits per heavy atom. The fraction of sp³-hybridized carbons (Fsp3) is 0.533. The van der Waals surface area contributed by atoms with Gasteiger partial charge in [0.2, 0.25) is 10.0 Å². The Bertz CT molecular complexity index is 586. The number of hydrogen-bond acceptors (Lipinski definition) is 5. The summed E-state index contributed by atoms with van der Waals surface area (Å²) >= 11 is 0. The minimum Gasteiger partial charge on any atom is -0.484 e. The van der Waals surface area contributed by atoms with Gasteiger partial charge in [0, 0.05) is 26.8 Å². The monoisotopic (exact) mass is 344 g/mol. The molecule has 7 nitrogen and oxygen atoms in total. The van der Waals surface area contributed by atoms with Crippen LogP contribution >= 0.6 is 0 Å².